The van der Waals surface area contributed by atoms with Gasteiger partial charge >= 0.3 is 11.9 Å². The molecule has 0 radical (unpaired) electrons. The molecule has 1 heterocycles. The van der Waals surface area contributed by atoms with Crippen LogP contribution in [0.3, 0.4) is 0 Å². The fourth-order valence-electron chi connectivity index (χ4n) is 2.92. The number of benzene rings is 2. The number of amides is 1. The maximum Gasteiger partial charge on any atom is 0.359 e. The molecule has 1 amide bonds. The first-order valence-corrected chi connectivity index (χ1v) is 11.7. The highest BCUT2D eigenvalue weighted by Crippen LogP contribution is 2.27. The van der Waals surface area contributed by atoms with Crippen molar-refractivity contribution in [3.8, 4) is 11.5 Å². The molecule has 0 atom stereocenters. The lowest BCUT2D eigenvalue weighted by Gasteiger charge is -2.18. The molecule has 2 aromatic carbocycles. The number of thiocarbonyl (C=S) groups is 1. The highest BCUT2D eigenvalue weighted by atomic mass is 32.2. The minimum Gasteiger partial charge on any atom is -0.489 e. The number of hydrogen-bond acceptors (Lipinski definition) is 9. The molecule has 0 spiro atoms. The quantitative estimate of drug-likeness (QED) is 0.226. The Hall–Kier alpha value is -3.37. The molecule has 34 heavy (non-hydrogen) atoms. The number of para-hydroxylation sites is 1. The van der Waals surface area contributed by atoms with E-state index < -0.39 is 18.0 Å². The Morgan fingerprint density at radius 2 is 1.76 bits per heavy atom. The molecule has 8 nitrogen and oxygen atoms in total. The van der Waals surface area contributed by atoms with Crippen molar-refractivity contribution in [3.63, 3.8) is 0 Å². The first kappa shape index (κ1) is 25.3. The highest BCUT2D eigenvalue weighted by Gasteiger charge is 2.32. The van der Waals surface area contributed by atoms with E-state index in [2.05, 4.69) is 5.32 Å². The standard InChI is InChI=1S/C24H23NO7S2/c1-3-29-22(27)20(23(28)30-4-2)32-18-11-6-5-9-16(18)14-31-17-10-7-8-15(12-17)13-19-21(26)25-24(33)34-19/h5-13,20H,3-4,14H2,1-2H3,(H,25,26,33). The van der Waals surface area contributed by atoms with Crippen LogP contribution in [-0.4, -0.2) is 41.5 Å². The third-order valence-electron chi connectivity index (χ3n) is 4.41. The van der Waals surface area contributed by atoms with Crippen LogP contribution >= 0.6 is 24.0 Å². The normalized spacial score (nSPS) is 14.1. The average Bonchev–Trinajstić information content (AvgIpc) is 3.13. The fraction of sp³-hybridized carbons (Fsp3) is 0.250. The second kappa shape index (κ2) is 12.2. The van der Waals surface area contributed by atoms with Gasteiger partial charge in [-0.3, -0.25) is 4.79 Å². The van der Waals surface area contributed by atoms with Gasteiger partial charge in [0.2, 0.25) is 0 Å². The number of thioether (sulfide) groups is 1. The van der Waals surface area contributed by atoms with E-state index in [9.17, 15) is 14.4 Å². The number of ether oxygens (including phenoxy) is 4. The molecule has 1 fully saturated rings. The molecular formula is C24H23NO7S2. The molecule has 0 unspecified atom stereocenters. The molecule has 0 aromatic heterocycles. The minimum atomic E-state index is -1.54. The maximum absolute atomic E-state index is 12.3. The van der Waals surface area contributed by atoms with Crippen molar-refractivity contribution >= 4 is 52.2 Å². The van der Waals surface area contributed by atoms with Gasteiger partial charge in [0.1, 0.15) is 22.4 Å². The molecule has 10 heteroatoms. The van der Waals surface area contributed by atoms with Crippen molar-refractivity contribution in [1.82, 2.24) is 5.32 Å². The van der Waals surface area contributed by atoms with Crippen LogP contribution in [-0.2, 0) is 30.5 Å². The van der Waals surface area contributed by atoms with Crippen LogP contribution in [0.15, 0.2) is 53.4 Å². The van der Waals surface area contributed by atoms with Gasteiger partial charge in [0.05, 0.1) is 18.1 Å². The predicted octanol–water partition coefficient (Wildman–Crippen LogP) is 3.63. The molecule has 1 N–H and O–H groups in total. The summed E-state index contributed by atoms with van der Waals surface area (Å²) in [4.78, 5) is 36.9. The van der Waals surface area contributed by atoms with Gasteiger partial charge in [-0.25, -0.2) is 9.59 Å². The molecule has 3 rings (SSSR count). The monoisotopic (exact) mass is 501 g/mol. The van der Waals surface area contributed by atoms with Crippen molar-refractivity contribution in [2.24, 2.45) is 0 Å². The third-order valence-corrected chi connectivity index (χ3v) is 5.57. The fourth-order valence-corrected chi connectivity index (χ4v) is 3.97. The smallest absolute Gasteiger partial charge is 0.359 e. The van der Waals surface area contributed by atoms with Crippen LogP contribution in [0, 0.1) is 0 Å². The van der Waals surface area contributed by atoms with Crippen LogP contribution in [0.5, 0.6) is 11.5 Å². The lowest BCUT2D eigenvalue weighted by molar-refractivity contribution is -0.166. The maximum atomic E-state index is 12.3. The number of nitrogens with one attached hydrogen (secondary N) is 1. The SMILES string of the molecule is CCOC(=O)C(Oc1ccccc1COc1cccc(C=C2SC(=S)NC2=O)c1)C(=O)OCC. The zero-order valence-electron chi connectivity index (χ0n) is 18.6. The summed E-state index contributed by atoms with van der Waals surface area (Å²) >= 11 is 6.21. The van der Waals surface area contributed by atoms with Crippen molar-refractivity contribution in [2.75, 3.05) is 13.2 Å². The summed E-state index contributed by atoms with van der Waals surface area (Å²) in [7, 11) is 0. The Kier molecular flexibility index (Phi) is 9.06. The Morgan fingerprint density at radius 1 is 1.06 bits per heavy atom. The van der Waals surface area contributed by atoms with Crippen molar-refractivity contribution < 1.29 is 33.3 Å². The summed E-state index contributed by atoms with van der Waals surface area (Å²) in [5.41, 5.74) is 1.38. The molecule has 2 aromatic rings. The third kappa shape index (κ3) is 6.82. The zero-order chi connectivity index (χ0) is 24.5. The first-order valence-electron chi connectivity index (χ1n) is 10.5. The van der Waals surface area contributed by atoms with E-state index in [1.54, 1.807) is 62.4 Å². The Labute approximate surface area is 206 Å². The molecule has 0 bridgehead atoms. The summed E-state index contributed by atoms with van der Waals surface area (Å²) in [6.45, 7) is 3.58. The van der Waals surface area contributed by atoms with Gasteiger partial charge in [0.25, 0.3) is 12.0 Å². The molecule has 0 aliphatic carbocycles. The number of rotatable bonds is 10. The Balaban J connectivity index is 1.73. The second-order valence-electron chi connectivity index (χ2n) is 6.82. The summed E-state index contributed by atoms with van der Waals surface area (Å²) in [6.07, 6.45) is 0.184. The number of carbonyl (C=O) groups excluding carboxylic acids is 3. The lowest BCUT2D eigenvalue weighted by Crippen LogP contribution is -2.38. The zero-order valence-corrected chi connectivity index (χ0v) is 20.2. The van der Waals surface area contributed by atoms with Gasteiger partial charge < -0.3 is 24.3 Å². The van der Waals surface area contributed by atoms with Crippen LogP contribution in [0.1, 0.15) is 25.0 Å². The summed E-state index contributed by atoms with van der Waals surface area (Å²) < 4.78 is 21.9. The van der Waals surface area contributed by atoms with Gasteiger partial charge in [0.15, 0.2) is 0 Å². The largest absolute Gasteiger partial charge is 0.489 e. The summed E-state index contributed by atoms with van der Waals surface area (Å²) in [6, 6.07) is 14.1. The molecule has 1 aliphatic heterocycles. The predicted molar refractivity (Wildman–Crippen MR) is 131 cm³/mol. The molecule has 0 saturated carbocycles. The van der Waals surface area contributed by atoms with Gasteiger partial charge in [-0.2, -0.15) is 0 Å². The molecular weight excluding hydrogens is 478 g/mol. The van der Waals surface area contributed by atoms with Gasteiger partial charge in [-0.05, 0) is 43.7 Å². The van der Waals surface area contributed by atoms with Crippen LogP contribution in [0.4, 0.5) is 0 Å². The van der Waals surface area contributed by atoms with E-state index in [-0.39, 0.29) is 25.7 Å². The number of carbonyl (C=O) groups is 3. The van der Waals surface area contributed by atoms with Gasteiger partial charge in [-0.1, -0.05) is 54.3 Å². The van der Waals surface area contributed by atoms with Crippen molar-refractivity contribution in [1.29, 1.82) is 0 Å². The van der Waals surface area contributed by atoms with E-state index in [1.807, 2.05) is 6.07 Å². The van der Waals surface area contributed by atoms with Crippen LogP contribution < -0.4 is 14.8 Å². The second-order valence-corrected chi connectivity index (χ2v) is 8.54. The average molecular weight is 502 g/mol. The van der Waals surface area contributed by atoms with E-state index in [0.717, 1.165) is 5.56 Å². The van der Waals surface area contributed by atoms with E-state index in [4.69, 9.17) is 31.2 Å². The molecule has 1 saturated heterocycles. The molecule has 178 valence electrons. The topological polar surface area (TPSA) is 100 Å². The lowest BCUT2D eigenvalue weighted by atomic mass is 10.2. The van der Waals surface area contributed by atoms with E-state index in [1.165, 1.54) is 11.8 Å². The van der Waals surface area contributed by atoms with E-state index >= 15 is 0 Å². The Morgan fingerprint density at radius 3 is 2.41 bits per heavy atom. The first-order chi connectivity index (χ1) is 16.4. The van der Waals surface area contributed by atoms with Crippen LogP contribution in [0.2, 0.25) is 0 Å². The van der Waals surface area contributed by atoms with Gasteiger partial charge in [-0.15, -0.1) is 0 Å². The summed E-state index contributed by atoms with van der Waals surface area (Å²) in [5, 5.41) is 2.58. The van der Waals surface area contributed by atoms with E-state index in [0.29, 0.717) is 26.3 Å². The van der Waals surface area contributed by atoms with Crippen molar-refractivity contribution in [2.45, 2.75) is 26.6 Å². The number of esters is 2. The highest BCUT2D eigenvalue weighted by molar-refractivity contribution is 8.26. The minimum absolute atomic E-state index is 0.0985. The Bertz CT molecular complexity index is 1100. The number of hydrogen-bond donors (Lipinski definition) is 1. The van der Waals surface area contributed by atoms with Gasteiger partial charge in [0, 0.05) is 5.56 Å². The van der Waals surface area contributed by atoms with Crippen molar-refractivity contribution in [3.05, 3.63) is 64.6 Å². The summed E-state index contributed by atoms with van der Waals surface area (Å²) in [5.74, 6) is -1.04. The van der Waals surface area contributed by atoms with Crippen LogP contribution in [0.25, 0.3) is 6.08 Å². The molecule has 1 aliphatic rings.